The third-order valence-electron chi connectivity index (χ3n) is 2.99. The summed E-state index contributed by atoms with van der Waals surface area (Å²) in [6.45, 7) is 4.11. The fourth-order valence-electron chi connectivity index (χ4n) is 2.06. The molecule has 0 fully saturated rings. The number of nitrogens with zero attached hydrogens (tertiary/aromatic N) is 2. The zero-order valence-electron chi connectivity index (χ0n) is 11.6. The number of alkyl halides is 1. The minimum atomic E-state index is -0.299. The summed E-state index contributed by atoms with van der Waals surface area (Å²) in [5.74, 6) is 0.426. The summed E-state index contributed by atoms with van der Waals surface area (Å²) >= 11 is 6.14. The minimum Gasteiger partial charge on any atom is -0.382 e. The zero-order chi connectivity index (χ0) is 14.5. The summed E-state index contributed by atoms with van der Waals surface area (Å²) in [6, 6.07) is 4.56. The smallest absolute Gasteiger partial charge is 0.127 e. The molecule has 4 nitrogen and oxygen atoms in total. The van der Waals surface area contributed by atoms with E-state index in [0.717, 1.165) is 11.3 Å². The summed E-state index contributed by atoms with van der Waals surface area (Å²) in [4.78, 5) is 4.40. The highest BCUT2D eigenvalue weighted by Gasteiger charge is 2.15. The van der Waals surface area contributed by atoms with Crippen molar-refractivity contribution in [2.75, 3.05) is 26.9 Å². The maximum Gasteiger partial charge on any atom is 0.127 e. The Labute approximate surface area is 122 Å². The molecule has 0 aliphatic rings. The van der Waals surface area contributed by atoms with Crippen LogP contribution in [0.2, 0.25) is 0 Å². The Kier molecular flexibility index (Phi) is 5.34. The second kappa shape index (κ2) is 7.02. The number of benzene rings is 1. The molecule has 0 aliphatic carbocycles. The van der Waals surface area contributed by atoms with E-state index in [2.05, 4.69) is 4.98 Å². The van der Waals surface area contributed by atoms with Crippen LogP contribution in [0.5, 0.6) is 0 Å². The zero-order valence-corrected chi connectivity index (χ0v) is 12.4. The first-order valence-corrected chi connectivity index (χ1v) is 6.93. The summed E-state index contributed by atoms with van der Waals surface area (Å²) in [5, 5.41) is -0.246. The second-order valence-electron chi connectivity index (χ2n) is 4.48. The first kappa shape index (κ1) is 15.2. The molecule has 0 spiro atoms. The number of halogens is 2. The molecule has 1 heterocycles. The van der Waals surface area contributed by atoms with Crippen molar-refractivity contribution in [1.29, 1.82) is 0 Å². The quantitative estimate of drug-likeness (QED) is 0.582. The molecule has 2 aromatic rings. The van der Waals surface area contributed by atoms with Gasteiger partial charge in [0.05, 0.1) is 36.2 Å². The van der Waals surface area contributed by atoms with Crippen molar-refractivity contribution in [3.63, 3.8) is 0 Å². The number of imidazole rings is 1. The third-order valence-corrected chi connectivity index (χ3v) is 3.18. The maximum atomic E-state index is 13.2. The number of methoxy groups -OCH3 is 1. The van der Waals surface area contributed by atoms with Gasteiger partial charge < -0.3 is 14.0 Å². The van der Waals surface area contributed by atoms with Gasteiger partial charge in [0.15, 0.2) is 0 Å². The Morgan fingerprint density at radius 2 is 2.15 bits per heavy atom. The van der Waals surface area contributed by atoms with Gasteiger partial charge in [-0.05, 0) is 19.1 Å². The van der Waals surface area contributed by atoms with Crippen molar-refractivity contribution in [1.82, 2.24) is 9.55 Å². The summed E-state index contributed by atoms with van der Waals surface area (Å²) in [5.41, 5.74) is 1.48. The highest BCUT2D eigenvalue weighted by atomic mass is 35.5. The van der Waals surface area contributed by atoms with Gasteiger partial charge in [0, 0.05) is 19.7 Å². The highest BCUT2D eigenvalue weighted by molar-refractivity contribution is 6.20. The molecule has 0 radical (unpaired) electrons. The Morgan fingerprint density at radius 1 is 1.35 bits per heavy atom. The minimum absolute atomic E-state index is 0.246. The van der Waals surface area contributed by atoms with Crippen LogP contribution in [0, 0.1) is 5.82 Å². The lowest BCUT2D eigenvalue weighted by Gasteiger charge is -2.10. The monoisotopic (exact) mass is 300 g/mol. The first-order valence-electron chi connectivity index (χ1n) is 6.50. The summed E-state index contributed by atoms with van der Waals surface area (Å²) in [7, 11) is 1.63. The van der Waals surface area contributed by atoms with E-state index in [9.17, 15) is 4.39 Å². The van der Waals surface area contributed by atoms with Gasteiger partial charge in [-0.2, -0.15) is 0 Å². The van der Waals surface area contributed by atoms with Gasteiger partial charge in [-0.25, -0.2) is 9.37 Å². The molecular weight excluding hydrogens is 283 g/mol. The van der Waals surface area contributed by atoms with Gasteiger partial charge in [0.1, 0.15) is 11.6 Å². The average Bonchev–Trinajstić information content (AvgIpc) is 2.76. The van der Waals surface area contributed by atoms with Crippen molar-refractivity contribution in [3.05, 3.63) is 29.8 Å². The van der Waals surface area contributed by atoms with Crippen molar-refractivity contribution >= 4 is 22.6 Å². The molecule has 20 heavy (non-hydrogen) atoms. The molecule has 2 rings (SSSR count). The average molecular weight is 301 g/mol. The number of rotatable bonds is 7. The predicted molar refractivity (Wildman–Crippen MR) is 76.7 cm³/mol. The van der Waals surface area contributed by atoms with Gasteiger partial charge >= 0.3 is 0 Å². The molecule has 0 amide bonds. The second-order valence-corrected chi connectivity index (χ2v) is 5.13. The highest BCUT2D eigenvalue weighted by Crippen LogP contribution is 2.25. The molecule has 0 aliphatic heterocycles. The standard InChI is InChI=1S/C14H18ClFN2O2/c1-10(15)14-17-12-9-11(16)3-4-13(12)18(14)5-6-20-8-7-19-2/h3-4,9-10H,5-8H2,1-2H3. The lowest BCUT2D eigenvalue weighted by molar-refractivity contribution is 0.0667. The van der Waals surface area contributed by atoms with Crippen LogP contribution in [0.3, 0.4) is 0 Å². The third kappa shape index (κ3) is 3.48. The van der Waals surface area contributed by atoms with E-state index in [0.29, 0.717) is 31.9 Å². The van der Waals surface area contributed by atoms with E-state index in [4.69, 9.17) is 21.1 Å². The number of hydrogen-bond donors (Lipinski definition) is 0. The van der Waals surface area contributed by atoms with Crippen LogP contribution in [0.4, 0.5) is 4.39 Å². The largest absolute Gasteiger partial charge is 0.382 e. The van der Waals surface area contributed by atoms with Gasteiger partial charge in [0.25, 0.3) is 0 Å². The van der Waals surface area contributed by atoms with Crippen LogP contribution in [0.1, 0.15) is 18.1 Å². The van der Waals surface area contributed by atoms with Crippen LogP contribution in [-0.4, -0.2) is 36.5 Å². The van der Waals surface area contributed by atoms with Crippen LogP contribution in [0.25, 0.3) is 11.0 Å². The van der Waals surface area contributed by atoms with Gasteiger partial charge in [-0.1, -0.05) is 0 Å². The Morgan fingerprint density at radius 3 is 2.85 bits per heavy atom. The first-order chi connectivity index (χ1) is 9.63. The maximum absolute atomic E-state index is 13.2. The van der Waals surface area contributed by atoms with E-state index >= 15 is 0 Å². The molecular formula is C14H18ClFN2O2. The SMILES string of the molecule is COCCOCCn1c(C(C)Cl)nc2cc(F)ccc21. The molecule has 1 atom stereocenters. The Hall–Kier alpha value is -1.17. The number of ether oxygens (including phenoxy) is 2. The molecule has 0 saturated carbocycles. The summed E-state index contributed by atoms with van der Waals surface area (Å²) < 4.78 is 25.6. The van der Waals surface area contributed by atoms with Gasteiger partial charge in [0.2, 0.25) is 0 Å². The topological polar surface area (TPSA) is 36.3 Å². The molecule has 110 valence electrons. The molecule has 1 unspecified atom stereocenters. The normalized spacial score (nSPS) is 13.0. The van der Waals surface area contributed by atoms with E-state index in [1.807, 2.05) is 11.5 Å². The fourth-order valence-corrected chi connectivity index (χ4v) is 2.23. The van der Waals surface area contributed by atoms with Gasteiger partial charge in [-0.15, -0.1) is 11.6 Å². The molecule has 0 saturated heterocycles. The Bertz CT molecular complexity index is 572. The number of fused-ring (bicyclic) bond motifs is 1. The van der Waals surface area contributed by atoms with Crippen molar-refractivity contribution in [2.45, 2.75) is 18.8 Å². The molecule has 1 aromatic carbocycles. The summed E-state index contributed by atoms with van der Waals surface area (Å²) in [6.07, 6.45) is 0. The van der Waals surface area contributed by atoms with E-state index in [1.165, 1.54) is 12.1 Å². The van der Waals surface area contributed by atoms with Gasteiger partial charge in [-0.3, -0.25) is 0 Å². The van der Waals surface area contributed by atoms with E-state index < -0.39 is 0 Å². The molecule has 6 heteroatoms. The predicted octanol–water partition coefficient (Wildman–Crippen LogP) is 3.14. The van der Waals surface area contributed by atoms with Crippen LogP contribution >= 0.6 is 11.6 Å². The fraction of sp³-hybridized carbons (Fsp3) is 0.500. The van der Waals surface area contributed by atoms with E-state index in [-0.39, 0.29) is 11.2 Å². The van der Waals surface area contributed by atoms with Crippen molar-refractivity contribution < 1.29 is 13.9 Å². The van der Waals surface area contributed by atoms with E-state index in [1.54, 1.807) is 13.2 Å². The van der Waals surface area contributed by atoms with Crippen molar-refractivity contribution in [2.24, 2.45) is 0 Å². The van der Waals surface area contributed by atoms with Crippen LogP contribution in [-0.2, 0) is 16.0 Å². The number of hydrogen-bond acceptors (Lipinski definition) is 3. The van der Waals surface area contributed by atoms with Crippen LogP contribution < -0.4 is 0 Å². The molecule has 0 bridgehead atoms. The molecule has 1 aromatic heterocycles. The lowest BCUT2D eigenvalue weighted by Crippen LogP contribution is -2.12. The lowest BCUT2D eigenvalue weighted by atomic mass is 10.3. The number of aromatic nitrogens is 2. The van der Waals surface area contributed by atoms with Crippen molar-refractivity contribution in [3.8, 4) is 0 Å². The molecule has 0 N–H and O–H groups in total. The van der Waals surface area contributed by atoms with Crippen LogP contribution in [0.15, 0.2) is 18.2 Å². The Balaban J connectivity index is 2.18.